The molecule has 48 valence electrons. The van der Waals surface area contributed by atoms with Gasteiger partial charge in [-0.2, -0.15) is 0 Å². The predicted molar refractivity (Wildman–Crippen MR) is 41.7 cm³/mol. The normalized spacial score (nSPS) is 8.00. The highest BCUT2D eigenvalue weighted by Crippen LogP contribution is 1.98. The molecule has 0 N–H and O–H groups in total. The van der Waals surface area contributed by atoms with Crippen molar-refractivity contribution in [2.45, 2.75) is 0 Å². The Bertz CT molecular complexity index is 68.1. The first-order valence-corrected chi connectivity index (χ1v) is 3.13. The highest BCUT2D eigenvalue weighted by Gasteiger charge is 1.60. The predicted octanol–water partition coefficient (Wildman–Crippen LogP) is 3.87. The summed E-state index contributed by atoms with van der Waals surface area (Å²) in [6.45, 7) is 3.09. The standard InChI is InChI=1S/2C2H2Cl2/c1-2(3)4;3-1-2-4/h1H2;1-2H/b;2-1-. The van der Waals surface area contributed by atoms with Gasteiger partial charge >= 0.3 is 0 Å². The molecule has 4 heteroatoms. The maximum Gasteiger partial charge on any atom is 0.0992 e. The van der Waals surface area contributed by atoms with Gasteiger partial charge < -0.3 is 0 Å². The van der Waals surface area contributed by atoms with Gasteiger partial charge in [0.2, 0.25) is 0 Å². The monoisotopic (exact) mass is 192 g/mol. The first-order chi connectivity index (χ1) is 3.65. The van der Waals surface area contributed by atoms with Crippen molar-refractivity contribution < 1.29 is 0 Å². The lowest BCUT2D eigenvalue weighted by Gasteiger charge is -1.57. The van der Waals surface area contributed by atoms with E-state index in [4.69, 9.17) is 46.4 Å². The zero-order valence-corrected chi connectivity index (χ0v) is 6.90. The SMILES string of the molecule is C=C(Cl)Cl.Cl/C=C\Cl. The molecule has 0 bridgehead atoms. The van der Waals surface area contributed by atoms with Crippen molar-refractivity contribution in [3.05, 3.63) is 22.1 Å². The van der Waals surface area contributed by atoms with Gasteiger partial charge in [0.25, 0.3) is 0 Å². The summed E-state index contributed by atoms with van der Waals surface area (Å²) in [5.41, 5.74) is 2.48. The van der Waals surface area contributed by atoms with E-state index in [9.17, 15) is 0 Å². The topological polar surface area (TPSA) is 0 Å². The van der Waals surface area contributed by atoms with E-state index < -0.39 is 0 Å². The van der Waals surface area contributed by atoms with Crippen LogP contribution in [0.5, 0.6) is 0 Å². The Hall–Kier alpha value is 0.640. The summed E-state index contributed by atoms with van der Waals surface area (Å²) in [4.78, 5) is 0. The van der Waals surface area contributed by atoms with Gasteiger partial charge in [0.05, 0.1) is 4.49 Å². The van der Waals surface area contributed by atoms with Crippen molar-refractivity contribution in [1.29, 1.82) is 0 Å². The number of halogens is 4. The fraction of sp³-hybridized carbons (Fsp3) is 0. The molecule has 8 heavy (non-hydrogen) atoms. The fourth-order valence-electron chi connectivity index (χ4n) is 0. The minimum Gasteiger partial charge on any atom is -0.0920 e. The van der Waals surface area contributed by atoms with Gasteiger partial charge in [-0.25, -0.2) is 0 Å². The maximum absolute atomic E-state index is 4.87. The summed E-state index contributed by atoms with van der Waals surface area (Å²) in [5, 5.41) is 0. The third-order valence-electron chi connectivity index (χ3n) is 0.0476. The highest BCUT2D eigenvalue weighted by molar-refractivity contribution is 6.55. The Kier molecular flexibility index (Phi) is 15.1. The van der Waals surface area contributed by atoms with Crippen LogP contribution in [-0.4, -0.2) is 0 Å². The molecule has 0 heterocycles. The van der Waals surface area contributed by atoms with E-state index in [1.54, 1.807) is 0 Å². The molecule has 0 nitrogen and oxygen atoms in total. The van der Waals surface area contributed by atoms with Gasteiger partial charge in [0.1, 0.15) is 0 Å². The third kappa shape index (κ3) is 78.5. The smallest absolute Gasteiger partial charge is 0.0920 e. The second-order valence-electron chi connectivity index (χ2n) is 0.591. The van der Waals surface area contributed by atoms with Crippen LogP contribution in [0.4, 0.5) is 0 Å². The molecular formula is C4H4Cl4. The summed E-state index contributed by atoms with van der Waals surface area (Å²) in [6, 6.07) is 0. The fourth-order valence-corrected chi connectivity index (χ4v) is 0. The average molecular weight is 194 g/mol. The van der Waals surface area contributed by atoms with Crippen LogP contribution in [0.2, 0.25) is 0 Å². The number of hydrogen-bond donors (Lipinski definition) is 0. The first kappa shape index (κ1) is 11.4. The van der Waals surface area contributed by atoms with Crippen molar-refractivity contribution >= 4 is 46.4 Å². The van der Waals surface area contributed by atoms with Crippen LogP contribution < -0.4 is 0 Å². The molecule has 0 saturated carbocycles. The average Bonchev–Trinajstić information content (AvgIpc) is 1.65. The van der Waals surface area contributed by atoms with E-state index in [0.29, 0.717) is 0 Å². The van der Waals surface area contributed by atoms with E-state index >= 15 is 0 Å². The largest absolute Gasteiger partial charge is 0.0992 e. The minimum atomic E-state index is 0.111. The van der Waals surface area contributed by atoms with Crippen molar-refractivity contribution in [3.63, 3.8) is 0 Å². The first-order valence-electron chi connectivity index (χ1n) is 1.50. The lowest BCUT2D eigenvalue weighted by atomic mass is 11.3. The summed E-state index contributed by atoms with van der Waals surface area (Å²) < 4.78 is 0.111. The van der Waals surface area contributed by atoms with E-state index in [1.165, 1.54) is 11.1 Å². The highest BCUT2D eigenvalue weighted by atomic mass is 35.5. The molecule has 0 rings (SSSR count). The van der Waals surface area contributed by atoms with Crippen LogP contribution in [-0.2, 0) is 0 Å². The zero-order chi connectivity index (χ0) is 6.99. The molecule has 0 radical (unpaired) electrons. The summed E-state index contributed by atoms with van der Waals surface area (Å²) >= 11 is 19.4. The quantitative estimate of drug-likeness (QED) is 0.548. The molecule has 0 aliphatic heterocycles. The van der Waals surface area contributed by atoms with Crippen LogP contribution in [0.15, 0.2) is 22.1 Å². The second-order valence-corrected chi connectivity index (χ2v) is 2.20. The molecular weight excluding hydrogens is 190 g/mol. The van der Waals surface area contributed by atoms with Crippen LogP contribution >= 0.6 is 46.4 Å². The van der Waals surface area contributed by atoms with Gasteiger partial charge in [0, 0.05) is 11.1 Å². The number of hydrogen-bond acceptors (Lipinski definition) is 0. The molecule has 0 aliphatic carbocycles. The van der Waals surface area contributed by atoms with Crippen LogP contribution in [0.3, 0.4) is 0 Å². The zero-order valence-electron chi connectivity index (χ0n) is 3.87. The lowest BCUT2D eigenvalue weighted by Crippen LogP contribution is -1.24. The molecule has 0 amide bonds. The second kappa shape index (κ2) is 10.6. The van der Waals surface area contributed by atoms with Crippen molar-refractivity contribution in [2.24, 2.45) is 0 Å². The Morgan fingerprint density at radius 3 is 1.25 bits per heavy atom. The molecule has 0 atom stereocenters. The van der Waals surface area contributed by atoms with Crippen LogP contribution in [0.25, 0.3) is 0 Å². The van der Waals surface area contributed by atoms with E-state index in [2.05, 4.69) is 6.58 Å². The molecule has 0 aromatic rings. The molecule has 0 saturated heterocycles. The number of rotatable bonds is 0. The van der Waals surface area contributed by atoms with Gasteiger partial charge in [-0.1, -0.05) is 53.0 Å². The van der Waals surface area contributed by atoms with Gasteiger partial charge in [-0.3, -0.25) is 0 Å². The Morgan fingerprint density at radius 1 is 1.12 bits per heavy atom. The lowest BCUT2D eigenvalue weighted by molar-refractivity contribution is 2.45. The third-order valence-corrected chi connectivity index (χ3v) is 0.429. The van der Waals surface area contributed by atoms with Crippen molar-refractivity contribution in [1.82, 2.24) is 0 Å². The van der Waals surface area contributed by atoms with Crippen molar-refractivity contribution in [2.75, 3.05) is 0 Å². The van der Waals surface area contributed by atoms with Crippen LogP contribution in [0, 0.1) is 0 Å². The van der Waals surface area contributed by atoms with Gasteiger partial charge in [0.15, 0.2) is 0 Å². The van der Waals surface area contributed by atoms with E-state index in [0.717, 1.165) is 0 Å². The minimum absolute atomic E-state index is 0.111. The summed E-state index contributed by atoms with van der Waals surface area (Å²) in [6.07, 6.45) is 0. The molecule has 0 aliphatic rings. The van der Waals surface area contributed by atoms with E-state index in [1.807, 2.05) is 0 Å². The summed E-state index contributed by atoms with van der Waals surface area (Å²) in [7, 11) is 0. The van der Waals surface area contributed by atoms with Crippen molar-refractivity contribution in [3.8, 4) is 0 Å². The molecule has 0 spiro atoms. The molecule has 0 unspecified atom stereocenters. The Labute approximate surface area is 68.7 Å². The van der Waals surface area contributed by atoms with E-state index in [-0.39, 0.29) is 4.49 Å². The van der Waals surface area contributed by atoms with Crippen LogP contribution in [0.1, 0.15) is 0 Å². The Balaban J connectivity index is 0. The van der Waals surface area contributed by atoms with Gasteiger partial charge in [-0.15, -0.1) is 0 Å². The molecule has 0 fully saturated rings. The maximum atomic E-state index is 4.87. The Morgan fingerprint density at radius 2 is 1.25 bits per heavy atom. The molecule has 0 aromatic heterocycles. The molecule has 0 aromatic carbocycles. The van der Waals surface area contributed by atoms with Gasteiger partial charge in [-0.05, 0) is 0 Å². The summed E-state index contributed by atoms with van der Waals surface area (Å²) in [5.74, 6) is 0.